The summed E-state index contributed by atoms with van der Waals surface area (Å²) in [6.07, 6.45) is 7.70. The zero-order valence-electron chi connectivity index (χ0n) is 15.2. The highest BCUT2D eigenvalue weighted by molar-refractivity contribution is 5.98. The smallest absolute Gasteiger partial charge is 0.253 e. The summed E-state index contributed by atoms with van der Waals surface area (Å²) in [5.74, 6) is 0.604. The second kappa shape index (κ2) is 6.23. The summed E-state index contributed by atoms with van der Waals surface area (Å²) >= 11 is 0. The number of hydrogen-bond donors (Lipinski definition) is 2. The number of amides is 1. The van der Waals surface area contributed by atoms with Crippen LogP contribution in [-0.2, 0) is 19.9 Å². The quantitative estimate of drug-likeness (QED) is 0.750. The molecular weight excluding hydrogens is 338 g/mol. The maximum absolute atomic E-state index is 12.6. The van der Waals surface area contributed by atoms with E-state index in [1.807, 2.05) is 54.3 Å². The van der Waals surface area contributed by atoms with Gasteiger partial charge in [0.15, 0.2) is 0 Å². The predicted octanol–water partition coefficient (Wildman–Crippen LogP) is 3.22. The largest absolute Gasteiger partial charge is 0.349 e. The number of hydrogen-bond acceptors (Lipinski definition) is 4. The van der Waals surface area contributed by atoms with Crippen LogP contribution in [0.15, 0.2) is 42.7 Å². The predicted molar refractivity (Wildman–Crippen MR) is 104 cm³/mol. The Balaban J connectivity index is 1.52. The average Bonchev–Trinajstić information content (AvgIpc) is 3.43. The van der Waals surface area contributed by atoms with E-state index in [1.165, 1.54) is 0 Å². The minimum Gasteiger partial charge on any atom is -0.349 e. The summed E-state index contributed by atoms with van der Waals surface area (Å²) in [6.45, 7) is 0. The maximum atomic E-state index is 12.6. The molecular formula is C21H21N5O. The minimum absolute atomic E-state index is 0.0366. The highest BCUT2D eigenvalue weighted by atomic mass is 16.1. The van der Waals surface area contributed by atoms with Crippen molar-refractivity contribution in [2.75, 3.05) is 5.32 Å². The first kappa shape index (κ1) is 16.1. The Labute approximate surface area is 157 Å². The van der Waals surface area contributed by atoms with Crippen molar-refractivity contribution in [2.45, 2.75) is 31.7 Å². The van der Waals surface area contributed by atoms with Gasteiger partial charge < -0.3 is 15.2 Å². The Morgan fingerprint density at radius 2 is 2.00 bits per heavy atom. The van der Waals surface area contributed by atoms with Gasteiger partial charge in [-0.2, -0.15) is 0 Å². The summed E-state index contributed by atoms with van der Waals surface area (Å²) in [7, 11) is 1.98. The molecule has 0 spiro atoms. The van der Waals surface area contributed by atoms with Crippen LogP contribution in [0.3, 0.4) is 0 Å². The molecule has 6 nitrogen and oxygen atoms in total. The van der Waals surface area contributed by atoms with Crippen LogP contribution < -0.4 is 10.6 Å². The monoisotopic (exact) mass is 359 g/mol. The summed E-state index contributed by atoms with van der Waals surface area (Å²) in [5, 5.41) is 6.36. The van der Waals surface area contributed by atoms with Gasteiger partial charge in [-0.15, -0.1) is 0 Å². The Bertz CT molecular complexity index is 1020. The molecule has 0 bridgehead atoms. The van der Waals surface area contributed by atoms with E-state index in [1.54, 1.807) is 0 Å². The van der Waals surface area contributed by atoms with Crippen LogP contribution in [0.1, 0.15) is 34.3 Å². The van der Waals surface area contributed by atoms with Crippen LogP contribution in [0.2, 0.25) is 0 Å². The first-order chi connectivity index (χ1) is 13.2. The van der Waals surface area contributed by atoms with Crippen molar-refractivity contribution in [1.29, 1.82) is 0 Å². The molecule has 1 fully saturated rings. The number of fused-ring (bicyclic) bond motifs is 3. The third-order valence-electron chi connectivity index (χ3n) is 5.21. The normalized spacial score (nSPS) is 15.0. The molecule has 5 rings (SSSR count). The lowest BCUT2D eigenvalue weighted by Gasteiger charge is -2.18. The Hall–Kier alpha value is -3.15. The molecule has 0 radical (unpaired) electrons. The molecule has 3 aromatic rings. The molecule has 1 aromatic carbocycles. The molecule has 2 aliphatic carbocycles. The van der Waals surface area contributed by atoms with E-state index >= 15 is 0 Å². The van der Waals surface area contributed by atoms with E-state index in [4.69, 9.17) is 4.98 Å². The van der Waals surface area contributed by atoms with Gasteiger partial charge in [-0.1, -0.05) is 18.2 Å². The van der Waals surface area contributed by atoms with Crippen LogP contribution in [-0.4, -0.2) is 26.5 Å². The highest BCUT2D eigenvalue weighted by Gasteiger charge is 2.30. The van der Waals surface area contributed by atoms with Gasteiger partial charge in [0.1, 0.15) is 0 Å². The van der Waals surface area contributed by atoms with Crippen LogP contribution in [0.25, 0.3) is 11.4 Å². The highest BCUT2D eigenvalue weighted by Crippen LogP contribution is 2.35. The molecule has 2 heterocycles. The summed E-state index contributed by atoms with van der Waals surface area (Å²) in [6, 6.07) is 10.2. The Morgan fingerprint density at radius 1 is 1.19 bits per heavy atom. The molecule has 0 atom stereocenters. The summed E-state index contributed by atoms with van der Waals surface area (Å²) < 4.78 is 2.02. The van der Waals surface area contributed by atoms with E-state index in [9.17, 15) is 4.79 Å². The molecule has 0 aliphatic heterocycles. The van der Waals surface area contributed by atoms with Crippen molar-refractivity contribution in [3.63, 3.8) is 0 Å². The van der Waals surface area contributed by atoms with Crippen molar-refractivity contribution >= 4 is 17.5 Å². The number of nitrogens with zero attached hydrogens (tertiary/aromatic N) is 3. The van der Waals surface area contributed by atoms with E-state index in [0.717, 1.165) is 59.4 Å². The molecule has 2 N–H and O–H groups in total. The lowest BCUT2D eigenvalue weighted by atomic mass is 9.92. The van der Waals surface area contributed by atoms with Crippen LogP contribution in [0, 0.1) is 0 Å². The fourth-order valence-corrected chi connectivity index (χ4v) is 3.69. The number of aryl methyl sites for hydroxylation is 2. The van der Waals surface area contributed by atoms with Crippen molar-refractivity contribution in [2.24, 2.45) is 7.05 Å². The van der Waals surface area contributed by atoms with Gasteiger partial charge >= 0.3 is 0 Å². The molecule has 0 saturated heterocycles. The third kappa shape index (κ3) is 2.97. The molecule has 6 heteroatoms. The SMILES string of the molecule is Cn1cc(C(=O)NC2CC2)c2c1-c1nc(Nc3ccccc3)ncc1CC2. The minimum atomic E-state index is 0.0366. The number of carbonyl (C=O) groups excluding carboxylic acids is 1. The van der Waals surface area contributed by atoms with Crippen molar-refractivity contribution in [3.8, 4) is 11.4 Å². The van der Waals surface area contributed by atoms with Crippen LogP contribution >= 0.6 is 0 Å². The first-order valence-electron chi connectivity index (χ1n) is 9.36. The molecule has 27 heavy (non-hydrogen) atoms. The Morgan fingerprint density at radius 3 is 2.78 bits per heavy atom. The molecule has 2 aromatic heterocycles. The van der Waals surface area contributed by atoms with Gasteiger partial charge in [-0.25, -0.2) is 9.97 Å². The lowest BCUT2D eigenvalue weighted by Crippen LogP contribution is -2.26. The van der Waals surface area contributed by atoms with Crippen molar-refractivity contribution in [1.82, 2.24) is 19.9 Å². The number of carbonyl (C=O) groups is 1. The van der Waals surface area contributed by atoms with Crippen molar-refractivity contribution in [3.05, 3.63) is 59.4 Å². The Kier molecular flexibility index (Phi) is 3.70. The topological polar surface area (TPSA) is 71.8 Å². The van der Waals surface area contributed by atoms with Gasteiger partial charge in [0.2, 0.25) is 5.95 Å². The standard InChI is InChI=1S/C21H21N5O/c1-26-12-17(20(27)23-15-8-9-15)16-10-7-13-11-22-21(25-18(13)19(16)26)24-14-5-3-2-4-6-14/h2-6,11-12,15H,7-10H2,1H3,(H,23,27)(H,22,24,25). The zero-order chi connectivity index (χ0) is 18.4. The fraction of sp³-hybridized carbons (Fsp3) is 0.286. The van der Waals surface area contributed by atoms with Crippen LogP contribution in [0.4, 0.5) is 11.6 Å². The molecule has 136 valence electrons. The van der Waals surface area contributed by atoms with E-state index in [2.05, 4.69) is 15.6 Å². The van der Waals surface area contributed by atoms with Gasteiger partial charge in [0.05, 0.1) is 17.0 Å². The van der Waals surface area contributed by atoms with Gasteiger partial charge in [0.25, 0.3) is 5.91 Å². The average molecular weight is 359 g/mol. The fourth-order valence-electron chi connectivity index (χ4n) is 3.69. The van der Waals surface area contributed by atoms with Crippen molar-refractivity contribution < 1.29 is 4.79 Å². The molecule has 2 aliphatic rings. The van der Waals surface area contributed by atoms with Crippen LogP contribution in [0.5, 0.6) is 0 Å². The molecule has 0 unspecified atom stereocenters. The number of para-hydroxylation sites is 1. The number of aromatic nitrogens is 3. The van der Waals surface area contributed by atoms with Gasteiger partial charge in [-0.05, 0) is 48.9 Å². The number of benzene rings is 1. The maximum Gasteiger partial charge on any atom is 0.253 e. The third-order valence-corrected chi connectivity index (χ3v) is 5.21. The number of anilines is 2. The lowest BCUT2D eigenvalue weighted by molar-refractivity contribution is 0.0950. The summed E-state index contributed by atoms with van der Waals surface area (Å²) in [4.78, 5) is 21.9. The molecule has 1 saturated carbocycles. The van der Waals surface area contributed by atoms with E-state index in [0.29, 0.717) is 12.0 Å². The van der Waals surface area contributed by atoms with E-state index < -0.39 is 0 Å². The number of rotatable bonds is 4. The number of nitrogens with one attached hydrogen (secondary N) is 2. The first-order valence-corrected chi connectivity index (χ1v) is 9.36. The van der Waals surface area contributed by atoms with Gasteiger partial charge in [-0.3, -0.25) is 4.79 Å². The second-order valence-corrected chi connectivity index (χ2v) is 7.29. The zero-order valence-corrected chi connectivity index (χ0v) is 15.2. The van der Waals surface area contributed by atoms with Gasteiger partial charge in [0, 0.05) is 31.2 Å². The second-order valence-electron chi connectivity index (χ2n) is 7.29. The summed E-state index contributed by atoms with van der Waals surface area (Å²) in [5.41, 5.74) is 5.88. The van der Waals surface area contributed by atoms with E-state index in [-0.39, 0.29) is 5.91 Å². The molecule has 1 amide bonds.